The number of nitrogens with zero attached hydrogens (tertiary/aromatic N) is 4. The lowest BCUT2D eigenvalue weighted by Crippen LogP contribution is -2.23. The molecule has 1 atom stereocenters. The number of nitrogens with two attached hydrogens (primary N) is 1. The maximum absolute atomic E-state index is 6.31. The fraction of sp³-hybridized carbons (Fsp3) is 0.320. The van der Waals surface area contributed by atoms with Crippen LogP contribution >= 0.6 is 0 Å². The molecule has 1 saturated heterocycles. The van der Waals surface area contributed by atoms with Gasteiger partial charge in [0.15, 0.2) is 17.0 Å². The van der Waals surface area contributed by atoms with E-state index in [9.17, 15) is 0 Å². The van der Waals surface area contributed by atoms with Crippen molar-refractivity contribution in [2.24, 2.45) is 0 Å². The molecule has 3 heterocycles. The minimum absolute atomic E-state index is 0.203. The first kappa shape index (κ1) is 20.5. The average molecular weight is 428 g/mol. The van der Waals surface area contributed by atoms with Crippen LogP contribution in [-0.4, -0.2) is 38.7 Å². The minimum Gasteiger partial charge on any atom is -0.382 e. The molecule has 0 amide bonds. The van der Waals surface area contributed by atoms with E-state index in [0.717, 1.165) is 31.0 Å². The van der Waals surface area contributed by atoms with Crippen molar-refractivity contribution in [2.45, 2.75) is 38.8 Å². The Balaban J connectivity index is 1.46. The second-order valence-electron chi connectivity index (χ2n) is 8.67. The van der Waals surface area contributed by atoms with E-state index in [1.54, 1.807) is 0 Å². The molecular formula is C25H29N7. The summed E-state index contributed by atoms with van der Waals surface area (Å²) in [5.74, 6) is 1.94. The monoisotopic (exact) mass is 427 g/mol. The van der Waals surface area contributed by atoms with Gasteiger partial charge in [-0.3, -0.25) is 0 Å². The molecule has 0 spiro atoms. The van der Waals surface area contributed by atoms with Crippen molar-refractivity contribution in [1.82, 2.24) is 24.8 Å². The summed E-state index contributed by atoms with van der Waals surface area (Å²) < 4.78 is 2.18. The fourth-order valence-electron chi connectivity index (χ4n) is 4.36. The van der Waals surface area contributed by atoms with Crippen LogP contribution in [0.5, 0.6) is 0 Å². The number of rotatable bonds is 6. The van der Waals surface area contributed by atoms with Crippen molar-refractivity contribution in [3.8, 4) is 11.1 Å². The number of fused-ring (bicyclic) bond motifs is 1. The summed E-state index contributed by atoms with van der Waals surface area (Å²) in [6.07, 6.45) is 1.76. The fourth-order valence-corrected chi connectivity index (χ4v) is 4.36. The molecule has 4 aromatic rings. The van der Waals surface area contributed by atoms with Crippen LogP contribution in [0.25, 0.3) is 22.3 Å². The molecule has 1 aliphatic heterocycles. The molecule has 164 valence electrons. The number of nitrogens with one attached hydrogen (secondary N) is 2. The van der Waals surface area contributed by atoms with Crippen LogP contribution in [0.4, 0.5) is 11.8 Å². The third-order valence-corrected chi connectivity index (χ3v) is 5.97. The van der Waals surface area contributed by atoms with Gasteiger partial charge in [-0.05, 0) is 43.5 Å². The molecule has 32 heavy (non-hydrogen) atoms. The largest absolute Gasteiger partial charge is 0.382 e. The first-order valence-corrected chi connectivity index (χ1v) is 11.2. The van der Waals surface area contributed by atoms with E-state index in [2.05, 4.69) is 82.6 Å². The van der Waals surface area contributed by atoms with Crippen LogP contribution in [0.2, 0.25) is 0 Å². The Kier molecular flexibility index (Phi) is 5.49. The van der Waals surface area contributed by atoms with Crippen molar-refractivity contribution >= 4 is 22.9 Å². The molecule has 1 unspecified atom stereocenters. The summed E-state index contributed by atoms with van der Waals surface area (Å²) >= 11 is 0. The summed E-state index contributed by atoms with van der Waals surface area (Å²) in [4.78, 5) is 14.1. The second-order valence-corrected chi connectivity index (χ2v) is 8.67. The molecular weight excluding hydrogens is 398 g/mol. The van der Waals surface area contributed by atoms with Gasteiger partial charge in [-0.15, -0.1) is 0 Å². The van der Waals surface area contributed by atoms with Crippen molar-refractivity contribution in [2.75, 3.05) is 24.1 Å². The van der Waals surface area contributed by atoms with Gasteiger partial charge in [-0.1, -0.05) is 54.6 Å². The van der Waals surface area contributed by atoms with Gasteiger partial charge in [0.05, 0.1) is 0 Å². The van der Waals surface area contributed by atoms with Crippen LogP contribution in [-0.2, 0) is 6.42 Å². The Morgan fingerprint density at radius 1 is 1.03 bits per heavy atom. The number of aromatic nitrogens is 4. The number of benzene rings is 2. The van der Waals surface area contributed by atoms with Crippen LogP contribution in [0.15, 0.2) is 54.6 Å². The van der Waals surface area contributed by atoms with E-state index in [1.807, 2.05) is 6.07 Å². The van der Waals surface area contributed by atoms with E-state index in [1.165, 1.54) is 16.7 Å². The van der Waals surface area contributed by atoms with Crippen molar-refractivity contribution in [3.05, 3.63) is 66.0 Å². The normalized spacial score (nSPS) is 16.2. The minimum atomic E-state index is 0.203. The van der Waals surface area contributed by atoms with Gasteiger partial charge >= 0.3 is 0 Å². The predicted molar refractivity (Wildman–Crippen MR) is 130 cm³/mol. The molecule has 2 aromatic heterocycles. The summed E-state index contributed by atoms with van der Waals surface area (Å²) in [7, 11) is 0. The molecule has 0 aliphatic carbocycles. The summed E-state index contributed by atoms with van der Waals surface area (Å²) in [6.45, 7) is 6.21. The summed E-state index contributed by atoms with van der Waals surface area (Å²) in [6, 6.07) is 19.6. The van der Waals surface area contributed by atoms with Gasteiger partial charge in [0.2, 0.25) is 5.95 Å². The zero-order chi connectivity index (χ0) is 22.1. The SMILES string of the molecule is CC(C)n1c(Cc2ccc(-c3ccccc3)cc2)nc2c(N)nc(NC3CCNC3)nc21. The smallest absolute Gasteiger partial charge is 0.227 e. The Hall–Kier alpha value is -3.45. The maximum Gasteiger partial charge on any atom is 0.227 e. The average Bonchev–Trinajstić information content (AvgIpc) is 3.43. The summed E-state index contributed by atoms with van der Waals surface area (Å²) in [5, 5.41) is 6.77. The molecule has 1 aliphatic rings. The van der Waals surface area contributed by atoms with E-state index in [4.69, 9.17) is 15.7 Å². The first-order valence-electron chi connectivity index (χ1n) is 11.2. The topological polar surface area (TPSA) is 93.7 Å². The predicted octanol–water partition coefficient (Wildman–Crippen LogP) is 4.02. The van der Waals surface area contributed by atoms with Crippen molar-refractivity contribution in [1.29, 1.82) is 0 Å². The lowest BCUT2D eigenvalue weighted by atomic mass is 10.0. The lowest BCUT2D eigenvalue weighted by Gasteiger charge is -2.14. The quantitative estimate of drug-likeness (QED) is 0.430. The zero-order valence-electron chi connectivity index (χ0n) is 18.5. The first-order chi connectivity index (χ1) is 15.6. The zero-order valence-corrected chi connectivity index (χ0v) is 18.5. The number of nitrogen functional groups attached to an aromatic ring is 1. The number of hydrogen-bond donors (Lipinski definition) is 3. The standard InChI is InChI=1S/C25H29N7/c1-16(2)32-21(14-17-8-10-19(11-9-17)18-6-4-3-5-7-18)29-22-23(26)30-25(31-24(22)32)28-20-12-13-27-15-20/h3-11,16,20,27H,12-15H2,1-2H3,(H3,26,28,30,31). The van der Waals surface area contributed by atoms with Crippen LogP contribution in [0.1, 0.15) is 37.7 Å². The van der Waals surface area contributed by atoms with Crippen LogP contribution in [0.3, 0.4) is 0 Å². The molecule has 5 rings (SSSR count). The Morgan fingerprint density at radius 3 is 2.47 bits per heavy atom. The number of hydrogen-bond acceptors (Lipinski definition) is 6. The molecule has 4 N–H and O–H groups in total. The highest BCUT2D eigenvalue weighted by atomic mass is 15.2. The van der Waals surface area contributed by atoms with Crippen molar-refractivity contribution < 1.29 is 0 Å². The van der Waals surface area contributed by atoms with Gasteiger partial charge in [0.1, 0.15) is 5.82 Å². The van der Waals surface area contributed by atoms with Gasteiger partial charge in [0, 0.05) is 25.0 Å². The van der Waals surface area contributed by atoms with E-state index in [-0.39, 0.29) is 6.04 Å². The summed E-state index contributed by atoms with van der Waals surface area (Å²) in [5.41, 5.74) is 11.4. The van der Waals surface area contributed by atoms with E-state index >= 15 is 0 Å². The highest BCUT2D eigenvalue weighted by Gasteiger charge is 2.21. The Morgan fingerprint density at radius 2 is 1.78 bits per heavy atom. The van der Waals surface area contributed by atoms with Gasteiger partial charge in [0.25, 0.3) is 0 Å². The maximum atomic E-state index is 6.31. The molecule has 7 nitrogen and oxygen atoms in total. The highest BCUT2D eigenvalue weighted by Crippen LogP contribution is 2.27. The molecule has 0 radical (unpaired) electrons. The lowest BCUT2D eigenvalue weighted by molar-refractivity contribution is 0.587. The molecule has 1 fully saturated rings. The molecule has 2 aromatic carbocycles. The molecule has 7 heteroatoms. The van der Waals surface area contributed by atoms with Gasteiger partial charge in [-0.25, -0.2) is 4.98 Å². The van der Waals surface area contributed by atoms with Gasteiger partial charge in [-0.2, -0.15) is 9.97 Å². The van der Waals surface area contributed by atoms with E-state index < -0.39 is 0 Å². The van der Waals surface area contributed by atoms with Crippen LogP contribution < -0.4 is 16.4 Å². The number of anilines is 2. The van der Waals surface area contributed by atoms with Crippen LogP contribution in [0, 0.1) is 0 Å². The third kappa shape index (κ3) is 4.03. The number of imidazole rings is 1. The third-order valence-electron chi connectivity index (χ3n) is 5.97. The molecule has 0 saturated carbocycles. The Bertz CT molecular complexity index is 1210. The van der Waals surface area contributed by atoms with E-state index in [0.29, 0.717) is 29.7 Å². The van der Waals surface area contributed by atoms with Gasteiger partial charge < -0.3 is 20.9 Å². The molecule has 0 bridgehead atoms. The second kappa shape index (κ2) is 8.59. The van der Waals surface area contributed by atoms with Crippen molar-refractivity contribution in [3.63, 3.8) is 0 Å². The Labute approximate surface area is 188 Å². The highest BCUT2D eigenvalue weighted by molar-refractivity contribution is 5.83.